The van der Waals surface area contributed by atoms with Crippen LogP contribution < -0.4 is 5.32 Å². The second kappa shape index (κ2) is 9.90. The van der Waals surface area contributed by atoms with E-state index in [9.17, 15) is 0 Å². The van der Waals surface area contributed by atoms with Crippen LogP contribution in [-0.2, 0) is 6.54 Å². The number of aryl methyl sites for hydroxylation is 2. The third kappa shape index (κ3) is 5.13. The summed E-state index contributed by atoms with van der Waals surface area (Å²) >= 11 is 1.81. The lowest BCUT2D eigenvalue weighted by Crippen LogP contribution is -2.47. The molecule has 0 aromatic carbocycles. The fourth-order valence-corrected chi connectivity index (χ4v) is 5.62. The molecule has 0 aliphatic carbocycles. The summed E-state index contributed by atoms with van der Waals surface area (Å²) in [4.78, 5) is 20.1. The molecule has 1 N–H and O–H groups in total. The van der Waals surface area contributed by atoms with Gasteiger partial charge in [-0.25, -0.2) is 9.97 Å². The van der Waals surface area contributed by atoms with Crippen molar-refractivity contribution in [1.82, 2.24) is 24.7 Å². The third-order valence-electron chi connectivity index (χ3n) is 6.95. The molecule has 0 radical (unpaired) electrons. The number of nitrogens with one attached hydrogen (secondary N) is 1. The molecule has 2 fully saturated rings. The fourth-order valence-electron chi connectivity index (χ4n) is 4.57. The maximum absolute atomic E-state index is 5.01. The van der Waals surface area contributed by atoms with Crippen LogP contribution in [0, 0.1) is 19.8 Å². The van der Waals surface area contributed by atoms with Gasteiger partial charge in [0.05, 0.1) is 11.9 Å². The summed E-state index contributed by atoms with van der Waals surface area (Å²) in [6, 6.07) is 0. The first-order valence-electron chi connectivity index (χ1n) is 11.7. The van der Waals surface area contributed by atoms with Crippen molar-refractivity contribution in [2.45, 2.75) is 47.1 Å². The highest BCUT2D eigenvalue weighted by atomic mass is 32.1. The molecule has 6 nitrogen and oxygen atoms in total. The zero-order valence-electron chi connectivity index (χ0n) is 19.2. The van der Waals surface area contributed by atoms with Crippen molar-refractivity contribution in [2.75, 3.05) is 64.2 Å². The van der Waals surface area contributed by atoms with Gasteiger partial charge in [0.2, 0.25) is 0 Å². The molecule has 0 unspecified atom stereocenters. The largest absolute Gasteiger partial charge is 0.368 e. The number of fused-ring (bicyclic) bond motifs is 1. The maximum Gasteiger partial charge on any atom is 0.146 e. The molecule has 2 aliphatic heterocycles. The minimum atomic E-state index is 0.851. The van der Waals surface area contributed by atoms with Gasteiger partial charge < -0.3 is 10.2 Å². The number of hydrogen-bond acceptors (Lipinski definition) is 7. The van der Waals surface area contributed by atoms with E-state index in [1.807, 2.05) is 11.3 Å². The van der Waals surface area contributed by atoms with Crippen LogP contribution in [0.4, 0.5) is 5.82 Å². The summed E-state index contributed by atoms with van der Waals surface area (Å²) in [5.74, 6) is 2.86. The van der Waals surface area contributed by atoms with Gasteiger partial charge in [-0.1, -0.05) is 13.8 Å². The molecule has 4 heterocycles. The van der Waals surface area contributed by atoms with Crippen molar-refractivity contribution in [1.29, 1.82) is 0 Å². The van der Waals surface area contributed by atoms with Crippen LogP contribution in [0.1, 0.15) is 43.0 Å². The van der Waals surface area contributed by atoms with Gasteiger partial charge in [-0.2, -0.15) is 0 Å². The smallest absolute Gasteiger partial charge is 0.146 e. The average molecular weight is 431 g/mol. The van der Waals surface area contributed by atoms with E-state index < -0.39 is 0 Å². The molecular formula is C23H38N6S. The molecule has 2 aromatic rings. The number of nitrogens with zero attached hydrogens (tertiary/aromatic N) is 5. The Kier molecular flexibility index (Phi) is 7.24. The summed E-state index contributed by atoms with van der Waals surface area (Å²) in [6.45, 7) is 20.1. The highest BCUT2D eigenvalue weighted by Gasteiger charge is 2.20. The number of hydrogen-bond donors (Lipinski definition) is 1. The Hall–Kier alpha value is -1.28. The SMILES string of the molecule is CCN1CCN(CCNc2nc(CN3CCC(C)CC3)nc3sc(C)c(C)c23)CC1. The number of likely N-dealkylation sites (tertiary alicyclic amines) is 1. The Morgan fingerprint density at radius 3 is 2.37 bits per heavy atom. The number of piperidine rings is 1. The van der Waals surface area contributed by atoms with Crippen LogP contribution in [0.15, 0.2) is 0 Å². The van der Waals surface area contributed by atoms with Gasteiger partial charge in [0.15, 0.2) is 0 Å². The van der Waals surface area contributed by atoms with Gasteiger partial charge in [-0.05, 0) is 57.8 Å². The predicted octanol–water partition coefficient (Wildman–Crippen LogP) is 3.59. The van der Waals surface area contributed by atoms with Gasteiger partial charge >= 0.3 is 0 Å². The maximum atomic E-state index is 5.01. The van der Waals surface area contributed by atoms with E-state index in [1.54, 1.807) is 0 Å². The number of rotatable bonds is 7. The molecular weight excluding hydrogens is 392 g/mol. The second-order valence-corrected chi connectivity index (χ2v) is 10.3. The van der Waals surface area contributed by atoms with Gasteiger partial charge in [-0.15, -0.1) is 11.3 Å². The van der Waals surface area contributed by atoms with Gasteiger partial charge in [0.1, 0.15) is 16.5 Å². The van der Waals surface area contributed by atoms with Crippen molar-refractivity contribution in [3.05, 3.63) is 16.3 Å². The molecule has 166 valence electrons. The quantitative estimate of drug-likeness (QED) is 0.724. The molecule has 0 bridgehead atoms. The van der Waals surface area contributed by atoms with Crippen molar-refractivity contribution in [2.24, 2.45) is 5.92 Å². The lowest BCUT2D eigenvalue weighted by molar-refractivity contribution is 0.141. The lowest BCUT2D eigenvalue weighted by Gasteiger charge is -2.34. The highest BCUT2D eigenvalue weighted by molar-refractivity contribution is 7.18. The first-order valence-corrected chi connectivity index (χ1v) is 12.5. The molecule has 7 heteroatoms. The van der Waals surface area contributed by atoms with Crippen LogP contribution in [0.25, 0.3) is 10.2 Å². The Morgan fingerprint density at radius 2 is 1.67 bits per heavy atom. The fraction of sp³-hybridized carbons (Fsp3) is 0.739. The van der Waals surface area contributed by atoms with Gasteiger partial charge in [0, 0.05) is 44.1 Å². The minimum absolute atomic E-state index is 0.851. The van der Waals surface area contributed by atoms with Crippen LogP contribution in [-0.4, -0.2) is 83.6 Å². The predicted molar refractivity (Wildman–Crippen MR) is 128 cm³/mol. The van der Waals surface area contributed by atoms with Crippen LogP contribution >= 0.6 is 11.3 Å². The monoisotopic (exact) mass is 430 g/mol. The summed E-state index contributed by atoms with van der Waals surface area (Å²) in [7, 11) is 0. The molecule has 0 amide bonds. The van der Waals surface area contributed by atoms with E-state index in [-0.39, 0.29) is 0 Å². The zero-order valence-corrected chi connectivity index (χ0v) is 20.0. The Bertz CT molecular complexity index is 834. The van der Waals surface area contributed by atoms with Crippen molar-refractivity contribution < 1.29 is 0 Å². The molecule has 2 saturated heterocycles. The molecule has 4 rings (SSSR count). The number of thiophene rings is 1. The van der Waals surface area contributed by atoms with Gasteiger partial charge in [0.25, 0.3) is 0 Å². The Morgan fingerprint density at radius 1 is 0.967 bits per heavy atom. The summed E-state index contributed by atoms with van der Waals surface area (Å²) in [6.07, 6.45) is 2.58. The molecule has 0 saturated carbocycles. The van der Waals surface area contributed by atoms with Crippen molar-refractivity contribution in [3.8, 4) is 0 Å². The van der Waals surface area contributed by atoms with E-state index >= 15 is 0 Å². The lowest BCUT2D eigenvalue weighted by atomic mass is 9.99. The topological polar surface area (TPSA) is 47.5 Å². The summed E-state index contributed by atoms with van der Waals surface area (Å²) < 4.78 is 0. The molecule has 0 spiro atoms. The average Bonchev–Trinajstić information content (AvgIpc) is 3.04. The first-order chi connectivity index (χ1) is 14.5. The van der Waals surface area contributed by atoms with E-state index in [0.717, 1.165) is 55.1 Å². The van der Waals surface area contributed by atoms with Gasteiger partial charge in [-0.3, -0.25) is 9.80 Å². The summed E-state index contributed by atoms with van der Waals surface area (Å²) in [5, 5.41) is 4.91. The highest BCUT2D eigenvalue weighted by Crippen LogP contribution is 2.33. The van der Waals surface area contributed by atoms with Crippen LogP contribution in [0.3, 0.4) is 0 Å². The number of anilines is 1. The Balaban J connectivity index is 1.44. The zero-order chi connectivity index (χ0) is 21.1. The number of piperazine rings is 1. The summed E-state index contributed by atoms with van der Waals surface area (Å²) in [5.41, 5.74) is 1.33. The van der Waals surface area contributed by atoms with E-state index in [2.05, 4.69) is 47.7 Å². The minimum Gasteiger partial charge on any atom is -0.368 e. The second-order valence-electron chi connectivity index (χ2n) is 9.11. The van der Waals surface area contributed by atoms with E-state index in [4.69, 9.17) is 9.97 Å². The molecule has 2 aliphatic rings. The molecule has 0 atom stereocenters. The standard InChI is InChI=1S/C23H38N6S/c1-5-27-12-14-28(15-13-27)11-8-24-22-21-18(3)19(4)30-23(21)26-20(25-22)16-29-9-6-17(2)7-10-29/h17H,5-16H2,1-4H3,(H,24,25,26). The first kappa shape index (κ1) is 21.9. The van der Waals surface area contributed by atoms with Crippen molar-refractivity contribution in [3.63, 3.8) is 0 Å². The normalized spacial score (nSPS) is 20.3. The van der Waals surface area contributed by atoms with E-state index in [1.165, 1.54) is 61.4 Å². The molecule has 30 heavy (non-hydrogen) atoms. The van der Waals surface area contributed by atoms with Crippen molar-refractivity contribution >= 4 is 27.4 Å². The number of aromatic nitrogens is 2. The molecule has 2 aromatic heterocycles. The van der Waals surface area contributed by atoms with Crippen LogP contribution in [0.2, 0.25) is 0 Å². The Labute approximate surface area is 185 Å². The number of likely N-dealkylation sites (N-methyl/N-ethyl adjacent to an activating group) is 1. The van der Waals surface area contributed by atoms with E-state index in [0.29, 0.717) is 0 Å². The van der Waals surface area contributed by atoms with Crippen LogP contribution in [0.5, 0.6) is 0 Å². The third-order valence-corrected chi connectivity index (χ3v) is 8.05.